The molecule has 0 spiro atoms. The molecule has 0 unspecified atom stereocenters. The fourth-order valence-corrected chi connectivity index (χ4v) is 2.46. The average Bonchev–Trinajstić information content (AvgIpc) is 2.45. The Hall–Kier alpha value is -0.530. The molecule has 0 rings (SSSR count). The maximum absolute atomic E-state index is 11.6. The zero-order valence-corrected chi connectivity index (χ0v) is 14.0. The van der Waals surface area contributed by atoms with Crippen LogP contribution in [0.5, 0.6) is 0 Å². The van der Waals surface area contributed by atoms with Gasteiger partial charge in [-0.15, -0.1) is 0 Å². The van der Waals surface area contributed by atoms with Crippen molar-refractivity contribution in [2.75, 3.05) is 6.54 Å². The van der Waals surface area contributed by atoms with Crippen molar-refractivity contribution in [1.29, 1.82) is 0 Å². The van der Waals surface area contributed by atoms with Gasteiger partial charge in [-0.1, -0.05) is 84.5 Å². The molecule has 20 heavy (non-hydrogen) atoms. The molecule has 0 saturated heterocycles. The van der Waals surface area contributed by atoms with Gasteiger partial charge in [0.15, 0.2) is 0 Å². The first kappa shape index (κ1) is 19.5. The molecule has 0 aromatic carbocycles. The van der Waals surface area contributed by atoms with Gasteiger partial charge in [0, 0.05) is 13.0 Å². The lowest BCUT2D eigenvalue weighted by Crippen LogP contribution is -2.23. The minimum atomic E-state index is 0.256. The average molecular weight is 284 g/mol. The molecule has 0 aliphatic rings. The standard InChI is InChI=1S/C18H37NO/c1-3-5-7-9-10-11-12-14-16-18(20)19-17-15-13-8-6-4-2/h3-17H2,1-2H3,(H,19,20). The lowest BCUT2D eigenvalue weighted by molar-refractivity contribution is -0.121. The van der Waals surface area contributed by atoms with E-state index in [-0.39, 0.29) is 5.91 Å². The smallest absolute Gasteiger partial charge is 0.219 e. The second-order valence-corrected chi connectivity index (χ2v) is 5.99. The van der Waals surface area contributed by atoms with Crippen LogP contribution in [0.25, 0.3) is 0 Å². The molecular formula is C18H37NO. The first-order chi connectivity index (χ1) is 9.81. The molecular weight excluding hydrogens is 246 g/mol. The van der Waals surface area contributed by atoms with Crippen LogP contribution in [0.1, 0.15) is 104 Å². The van der Waals surface area contributed by atoms with Gasteiger partial charge in [0.2, 0.25) is 5.91 Å². The predicted molar refractivity (Wildman–Crippen MR) is 89.0 cm³/mol. The molecule has 0 aliphatic heterocycles. The molecule has 0 heterocycles. The van der Waals surface area contributed by atoms with Gasteiger partial charge in [-0.2, -0.15) is 0 Å². The summed E-state index contributed by atoms with van der Waals surface area (Å²) in [5.74, 6) is 0.256. The molecule has 2 heteroatoms. The third-order valence-corrected chi connectivity index (χ3v) is 3.86. The number of nitrogens with one attached hydrogen (secondary N) is 1. The normalized spacial score (nSPS) is 10.7. The lowest BCUT2D eigenvalue weighted by atomic mass is 10.1. The topological polar surface area (TPSA) is 29.1 Å². The highest BCUT2D eigenvalue weighted by Gasteiger charge is 2.00. The van der Waals surface area contributed by atoms with E-state index in [0.717, 1.165) is 25.8 Å². The highest BCUT2D eigenvalue weighted by Crippen LogP contribution is 2.09. The van der Waals surface area contributed by atoms with Crippen LogP contribution in [0.15, 0.2) is 0 Å². The molecule has 120 valence electrons. The first-order valence-electron chi connectivity index (χ1n) is 9.08. The van der Waals surface area contributed by atoms with E-state index in [2.05, 4.69) is 19.2 Å². The highest BCUT2D eigenvalue weighted by molar-refractivity contribution is 5.75. The van der Waals surface area contributed by atoms with Crippen molar-refractivity contribution in [2.45, 2.75) is 104 Å². The molecule has 1 amide bonds. The number of unbranched alkanes of at least 4 members (excludes halogenated alkanes) is 11. The zero-order chi connectivity index (χ0) is 14.9. The summed E-state index contributed by atoms with van der Waals surface area (Å²) in [7, 11) is 0. The van der Waals surface area contributed by atoms with Crippen molar-refractivity contribution in [2.24, 2.45) is 0 Å². The van der Waals surface area contributed by atoms with Crippen molar-refractivity contribution >= 4 is 5.91 Å². The summed E-state index contributed by atoms with van der Waals surface area (Å²) in [6.07, 6.45) is 17.4. The van der Waals surface area contributed by atoms with Gasteiger partial charge in [-0.3, -0.25) is 4.79 Å². The largest absolute Gasteiger partial charge is 0.356 e. The minimum Gasteiger partial charge on any atom is -0.356 e. The maximum Gasteiger partial charge on any atom is 0.219 e. The molecule has 1 N–H and O–H groups in total. The van der Waals surface area contributed by atoms with Crippen molar-refractivity contribution in [3.05, 3.63) is 0 Å². The highest BCUT2D eigenvalue weighted by atomic mass is 16.1. The molecule has 0 bridgehead atoms. The van der Waals surface area contributed by atoms with Crippen LogP contribution in [-0.2, 0) is 4.79 Å². The van der Waals surface area contributed by atoms with Crippen LogP contribution < -0.4 is 5.32 Å². The molecule has 0 aromatic heterocycles. The Balaban J connectivity index is 3.12. The van der Waals surface area contributed by atoms with E-state index in [1.807, 2.05) is 0 Å². The molecule has 0 saturated carbocycles. The summed E-state index contributed by atoms with van der Waals surface area (Å²) in [4.78, 5) is 11.6. The number of carbonyl (C=O) groups excluding carboxylic acids is 1. The number of amides is 1. The summed E-state index contributed by atoms with van der Waals surface area (Å²) >= 11 is 0. The van der Waals surface area contributed by atoms with E-state index in [0.29, 0.717) is 0 Å². The van der Waals surface area contributed by atoms with Crippen LogP contribution in [0.4, 0.5) is 0 Å². The summed E-state index contributed by atoms with van der Waals surface area (Å²) in [5.41, 5.74) is 0. The van der Waals surface area contributed by atoms with E-state index in [4.69, 9.17) is 0 Å². The molecule has 0 aliphatic carbocycles. The maximum atomic E-state index is 11.6. The second kappa shape index (κ2) is 16.5. The van der Waals surface area contributed by atoms with Crippen LogP contribution >= 0.6 is 0 Å². The van der Waals surface area contributed by atoms with Gasteiger partial charge in [-0.05, 0) is 12.8 Å². The van der Waals surface area contributed by atoms with Crippen LogP contribution in [0, 0.1) is 0 Å². The summed E-state index contributed by atoms with van der Waals surface area (Å²) < 4.78 is 0. The van der Waals surface area contributed by atoms with Gasteiger partial charge in [0.1, 0.15) is 0 Å². The van der Waals surface area contributed by atoms with Crippen molar-refractivity contribution in [3.8, 4) is 0 Å². The SMILES string of the molecule is CCCCCCCCCCC(=O)NCCCCCCC. The number of hydrogen-bond donors (Lipinski definition) is 1. The van der Waals surface area contributed by atoms with Crippen molar-refractivity contribution in [1.82, 2.24) is 5.32 Å². The van der Waals surface area contributed by atoms with Crippen molar-refractivity contribution in [3.63, 3.8) is 0 Å². The molecule has 0 atom stereocenters. The Labute approximate surface area is 127 Å². The molecule has 2 nitrogen and oxygen atoms in total. The number of carbonyl (C=O) groups is 1. The van der Waals surface area contributed by atoms with Gasteiger partial charge in [0.25, 0.3) is 0 Å². The Morgan fingerprint density at radius 2 is 1.10 bits per heavy atom. The quantitative estimate of drug-likeness (QED) is 0.389. The zero-order valence-electron chi connectivity index (χ0n) is 14.0. The Kier molecular flexibility index (Phi) is 16.1. The van der Waals surface area contributed by atoms with Crippen LogP contribution in [0.2, 0.25) is 0 Å². The Bertz CT molecular complexity index is 204. The van der Waals surface area contributed by atoms with E-state index >= 15 is 0 Å². The number of hydrogen-bond acceptors (Lipinski definition) is 1. The lowest BCUT2D eigenvalue weighted by Gasteiger charge is -2.05. The fourth-order valence-electron chi connectivity index (χ4n) is 2.46. The van der Waals surface area contributed by atoms with Crippen molar-refractivity contribution < 1.29 is 4.79 Å². The van der Waals surface area contributed by atoms with Gasteiger partial charge in [0.05, 0.1) is 0 Å². The van der Waals surface area contributed by atoms with Gasteiger partial charge in [-0.25, -0.2) is 0 Å². The summed E-state index contributed by atoms with van der Waals surface area (Å²) in [6.45, 7) is 5.35. The predicted octanol–water partition coefficient (Wildman–Crippen LogP) is 5.60. The van der Waals surface area contributed by atoms with Gasteiger partial charge >= 0.3 is 0 Å². The van der Waals surface area contributed by atoms with E-state index in [1.165, 1.54) is 70.6 Å². The Morgan fingerprint density at radius 3 is 1.65 bits per heavy atom. The second-order valence-electron chi connectivity index (χ2n) is 5.99. The fraction of sp³-hybridized carbons (Fsp3) is 0.944. The first-order valence-corrected chi connectivity index (χ1v) is 9.08. The molecule has 0 aromatic rings. The van der Waals surface area contributed by atoms with E-state index in [1.54, 1.807) is 0 Å². The molecule has 0 radical (unpaired) electrons. The Morgan fingerprint density at radius 1 is 0.650 bits per heavy atom. The third kappa shape index (κ3) is 15.5. The van der Waals surface area contributed by atoms with Crippen LogP contribution in [-0.4, -0.2) is 12.5 Å². The minimum absolute atomic E-state index is 0.256. The third-order valence-electron chi connectivity index (χ3n) is 3.86. The summed E-state index contributed by atoms with van der Waals surface area (Å²) in [6, 6.07) is 0. The van der Waals surface area contributed by atoms with E-state index in [9.17, 15) is 4.79 Å². The van der Waals surface area contributed by atoms with Gasteiger partial charge < -0.3 is 5.32 Å². The monoisotopic (exact) mass is 283 g/mol. The van der Waals surface area contributed by atoms with Crippen LogP contribution in [0.3, 0.4) is 0 Å². The number of rotatable bonds is 15. The summed E-state index contributed by atoms with van der Waals surface area (Å²) in [5, 5.41) is 3.04. The molecule has 0 fully saturated rings. The van der Waals surface area contributed by atoms with E-state index < -0.39 is 0 Å².